The van der Waals surface area contributed by atoms with Crippen LogP contribution in [-0.4, -0.2) is 13.2 Å². The molecule has 3 atom stereocenters. The minimum absolute atomic E-state index is 0.552. The van der Waals surface area contributed by atoms with E-state index in [-0.39, 0.29) is 0 Å². The molecule has 0 heterocycles. The van der Waals surface area contributed by atoms with E-state index >= 15 is 0 Å². The molecule has 0 N–H and O–H groups in total. The van der Waals surface area contributed by atoms with Gasteiger partial charge in [0.05, 0.1) is 6.10 Å². The Morgan fingerprint density at radius 2 is 2.09 bits per heavy atom. The molecule has 0 aromatic carbocycles. The minimum atomic E-state index is 0.552. The lowest BCUT2D eigenvalue weighted by Crippen LogP contribution is -2.27. The molecule has 0 radical (unpaired) electrons. The van der Waals surface area contributed by atoms with Gasteiger partial charge in [0.25, 0.3) is 0 Å². The SMILES string of the molecule is CCC1CC(OC)CCC1C. The standard InChI is InChI=1S/C10H20O/c1-4-9-7-10(11-3)6-5-8(9)2/h8-10H,4-7H2,1-3H3. The summed E-state index contributed by atoms with van der Waals surface area (Å²) in [5, 5.41) is 0. The third kappa shape index (κ3) is 2.19. The molecule has 0 aromatic heterocycles. The summed E-state index contributed by atoms with van der Waals surface area (Å²) in [6.45, 7) is 4.67. The van der Waals surface area contributed by atoms with Crippen LogP contribution in [0, 0.1) is 11.8 Å². The van der Waals surface area contributed by atoms with Gasteiger partial charge < -0.3 is 4.74 Å². The molecule has 0 spiro atoms. The molecule has 3 unspecified atom stereocenters. The number of ether oxygens (including phenoxy) is 1. The highest BCUT2D eigenvalue weighted by atomic mass is 16.5. The summed E-state index contributed by atoms with van der Waals surface area (Å²) in [4.78, 5) is 0. The molecule has 11 heavy (non-hydrogen) atoms. The van der Waals surface area contributed by atoms with E-state index in [9.17, 15) is 0 Å². The zero-order valence-electron chi connectivity index (χ0n) is 7.97. The van der Waals surface area contributed by atoms with Gasteiger partial charge in [0.1, 0.15) is 0 Å². The monoisotopic (exact) mass is 156 g/mol. The van der Waals surface area contributed by atoms with E-state index < -0.39 is 0 Å². The van der Waals surface area contributed by atoms with Gasteiger partial charge in [-0.1, -0.05) is 20.3 Å². The first-order valence-corrected chi connectivity index (χ1v) is 4.80. The Morgan fingerprint density at radius 3 is 2.64 bits per heavy atom. The second-order valence-electron chi connectivity index (χ2n) is 3.82. The summed E-state index contributed by atoms with van der Waals surface area (Å²) in [5.41, 5.74) is 0. The van der Waals surface area contributed by atoms with Gasteiger partial charge in [-0.3, -0.25) is 0 Å². The second-order valence-corrected chi connectivity index (χ2v) is 3.82. The Labute approximate surface area is 70.1 Å². The quantitative estimate of drug-likeness (QED) is 0.597. The summed E-state index contributed by atoms with van der Waals surface area (Å²) >= 11 is 0. The fourth-order valence-electron chi connectivity index (χ4n) is 2.16. The Balaban J connectivity index is 2.37. The van der Waals surface area contributed by atoms with Gasteiger partial charge in [0.2, 0.25) is 0 Å². The number of rotatable bonds is 2. The summed E-state index contributed by atoms with van der Waals surface area (Å²) < 4.78 is 5.37. The van der Waals surface area contributed by atoms with Gasteiger partial charge >= 0.3 is 0 Å². The summed E-state index contributed by atoms with van der Waals surface area (Å²) in [6.07, 6.45) is 5.79. The minimum Gasteiger partial charge on any atom is -0.381 e. The molecule has 1 nitrogen and oxygen atoms in total. The van der Waals surface area contributed by atoms with Crippen molar-refractivity contribution in [2.24, 2.45) is 11.8 Å². The van der Waals surface area contributed by atoms with Crippen molar-refractivity contribution < 1.29 is 4.74 Å². The van der Waals surface area contributed by atoms with Crippen molar-refractivity contribution >= 4 is 0 Å². The van der Waals surface area contributed by atoms with Gasteiger partial charge in [0, 0.05) is 7.11 Å². The summed E-state index contributed by atoms with van der Waals surface area (Å²) in [5.74, 6) is 1.83. The molecule has 0 bridgehead atoms. The van der Waals surface area contributed by atoms with Crippen molar-refractivity contribution in [3.05, 3.63) is 0 Å². The highest BCUT2D eigenvalue weighted by Crippen LogP contribution is 2.32. The van der Waals surface area contributed by atoms with Crippen molar-refractivity contribution in [2.75, 3.05) is 7.11 Å². The molecular formula is C10H20O. The Morgan fingerprint density at radius 1 is 1.36 bits per heavy atom. The molecule has 1 heteroatoms. The molecule has 1 saturated carbocycles. The number of methoxy groups -OCH3 is 1. The third-order valence-corrected chi connectivity index (χ3v) is 3.17. The van der Waals surface area contributed by atoms with Crippen LogP contribution in [0.15, 0.2) is 0 Å². The van der Waals surface area contributed by atoms with Gasteiger partial charge in [0.15, 0.2) is 0 Å². The fraction of sp³-hybridized carbons (Fsp3) is 1.00. The van der Waals surface area contributed by atoms with Crippen molar-refractivity contribution in [3.8, 4) is 0 Å². The summed E-state index contributed by atoms with van der Waals surface area (Å²) in [6, 6.07) is 0. The van der Waals surface area contributed by atoms with E-state index in [1.807, 2.05) is 7.11 Å². The fourth-order valence-corrected chi connectivity index (χ4v) is 2.16. The maximum Gasteiger partial charge on any atom is 0.0574 e. The topological polar surface area (TPSA) is 9.23 Å². The van der Waals surface area contributed by atoms with Gasteiger partial charge in [-0.15, -0.1) is 0 Å². The van der Waals surface area contributed by atoms with Gasteiger partial charge in [-0.25, -0.2) is 0 Å². The number of hydrogen-bond acceptors (Lipinski definition) is 1. The molecule has 1 fully saturated rings. The molecule has 1 aliphatic rings. The Hall–Kier alpha value is -0.0400. The predicted octanol–water partition coefficient (Wildman–Crippen LogP) is 2.85. The zero-order chi connectivity index (χ0) is 8.27. The van der Waals surface area contributed by atoms with Crippen molar-refractivity contribution in [1.29, 1.82) is 0 Å². The van der Waals surface area contributed by atoms with E-state index in [2.05, 4.69) is 13.8 Å². The average molecular weight is 156 g/mol. The van der Waals surface area contributed by atoms with Crippen LogP contribution >= 0.6 is 0 Å². The maximum atomic E-state index is 5.37. The van der Waals surface area contributed by atoms with E-state index in [4.69, 9.17) is 4.74 Å². The van der Waals surface area contributed by atoms with Gasteiger partial charge in [-0.2, -0.15) is 0 Å². The lowest BCUT2D eigenvalue weighted by molar-refractivity contribution is 0.0313. The zero-order valence-corrected chi connectivity index (χ0v) is 7.97. The molecule has 0 amide bonds. The van der Waals surface area contributed by atoms with Crippen LogP contribution in [0.3, 0.4) is 0 Å². The Kier molecular flexibility index (Phi) is 3.38. The highest BCUT2D eigenvalue weighted by Gasteiger charge is 2.25. The third-order valence-electron chi connectivity index (χ3n) is 3.17. The normalized spacial score (nSPS) is 39.0. The predicted molar refractivity (Wildman–Crippen MR) is 47.6 cm³/mol. The number of hydrogen-bond donors (Lipinski definition) is 0. The molecule has 66 valence electrons. The van der Waals surface area contributed by atoms with Crippen molar-refractivity contribution in [2.45, 2.75) is 45.6 Å². The smallest absolute Gasteiger partial charge is 0.0574 e. The van der Waals surface area contributed by atoms with Gasteiger partial charge in [-0.05, 0) is 31.1 Å². The van der Waals surface area contributed by atoms with Crippen molar-refractivity contribution in [3.63, 3.8) is 0 Å². The molecule has 1 aliphatic carbocycles. The maximum absolute atomic E-state index is 5.37. The van der Waals surface area contributed by atoms with E-state index in [0.717, 1.165) is 11.8 Å². The molecule has 1 rings (SSSR count). The first kappa shape index (κ1) is 9.05. The van der Waals surface area contributed by atoms with Crippen LogP contribution in [0.4, 0.5) is 0 Å². The van der Waals surface area contributed by atoms with Crippen LogP contribution in [0.5, 0.6) is 0 Å². The van der Waals surface area contributed by atoms with Crippen LogP contribution in [0.1, 0.15) is 39.5 Å². The van der Waals surface area contributed by atoms with E-state index in [1.54, 1.807) is 0 Å². The lowest BCUT2D eigenvalue weighted by Gasteiger charge is -2.32. The average Bonchev–Trinajstić information content (AvgIpc) is 2.05. The van der Waals surface area contributed by atoms with Crippen molar-refractivity contribution in [1.82, 2.24) is 0 Å². The lowest BCUT2D eigenvalue weighted by atomic mass is 9.78. The van der Waals surface area contributed by atoms with Crippen LogP contribution in [0.2, 0.25) is 0 Å². The molecule has 0 aliphatic heterocycles. The Bertz CT molecular complexity index is 111. The largest absolute Gasteiger partial charge is 0.381 e. The van der Waals surface area contributed by atoms with E-state index in [0.29, 0.717) is 6.10 Å². The molecule has 0 aromatic rings. The first-order valence-electron chi connectivity index (χ1n) is 4.80. The molecular weight excluding hydrogens is 136 g/mol. The van der Waals surface area contributed by atoms with Crippen LogP contribution in [-0.2, 0) is 4.74 Å². The molecule has 0 saturated heterocycles. The second kappa shape index (κ2) is 4.10. The summed E-state index contributed by atoms with van der Waals surface area (Å²) in [7, 11) is 1.84. The first-order chi connectivity index (χ1) is 5.27. The van der Waals surface area contributed by atoms with E-state index in [1.165, 1.54) is 25.7 Å². The highest BCUT2D eigenvalue weighted by molar-refractivity contribution is 4.77. The van der Waals surface area contributed by atoms with Crippen LogP contribution < -0.4 is 0 Å². The van der Waals surface area contributed by atoms with Crippen LogP contribution in [0.25, 0.3) is 0 Å².